The van der Waals surface area contributed by atoms with Gasteiger partial charge in [-0.25, -0.2) is 4.98 Å². The molecule has 1 aliphatic carbocycles. The van der Waals surface area contributed by atoms with Crippen molar-refractivity contribution in [2.45, 2.75) is 50.4 Å². The maximum absolute atomic E-state index is 10.2. The van der Waals surface area contributed by atoms with E-state index in [1.54, 1.807) is 12.4 Å². The lowest BCUT2D eigenvalue weighted by molar-refractivity contribution is 0.0196. The number of hydrogen-bond acceptors (Lipinski definition) is 6. The van der Waals surface area contributed by atoms with Gasteiger partial charge in [-0.3, -0.25) is 9.88 Å². The van der Waals surface area contributed by atoms with E-state index in [9.17, 15) is 5.11 Å². The highest BCUT2D eigenvalue weighted by atomic mass is 35.5. The largest absolute Gasteiger partial charge is 0.486 e. The molecule has 1 aliphatic heterocycles. The highest BCUT2D eigenvalue weighted by molar-refractivity contribution is 6.29. The fraction of sp³-hybridized carbons (Fsp3) is 0.524. The maximum atomic E-state index is 10.2. The summed E-state index contributed by atoms with van der Waals surface area (Å²) in [4.78, 5) is 11.0. The van der Waals surface area contributed by atoms with Gasteiger partial charge in [-0.2, -0.15) is 0 Å². The van der Waals surface area contributed by atoms with Crippen LogP contribution in [0.2, 0.25) is 5.15 Å². The van der Waals surface area contributed by atoms with Crippen molar-refractivity contribution in [3.8, 4) is 17.0 Å². The smallest absolute Gasteiger partial charge is 0.138 e. The van der Waals surface area contributed by atoms with Gasteiger partial charge in [-0.05, 0) is 57.9 Å². The van der Waals surface area contributed by atoms with Crippen molar-refractivity contribution < 1.29 is 9.84 Å². The number of ether oxygens (including phenoxy) is 1. The predicted octanol–water partition coefficient (Wildman–Crippen LogP) is 3.60. The van der Waals surface area contributed by atoms with E-state index in [0.717, 1.165) is 61.5 Å². The molecule has 2 N–H and O–H groups in total. The minimum absolute atomic E-state index is 0.246. The number of aromatic nitrogens is 2. The van der Waals surface area contributed by atoms with Gasteiger partial charge in [0.1, 0.15) is 17.0 Å². The average molecular weight is 403 g/mol. The molecule has 6 nitrogen and oxygen atoms in total. The number of rotatable bonds is 5. The Kier molecular flexibility index (Phi) is 5.45. The highest BCUT2D eigenvalue weighted by Gasteiger charge is 2.29. The summed E-state index contributed by atoms with van der Waals surface area (Å²) in [5, 5.41) is 14.2. The molecule has 150 valence electrons. The lowest BCUT2D eigenvalue weighted by Crippen LogP contribution is -2.51. The van der Waals surface area contributed by atoms with Crippen LogP contribution in [-0.2, 0) is 0 Å². The van der Waals surface area contributed by atoms with Crippen LogP contribution < -0.4 is 10.1 Å². The molecule has 0 atom stereocenters. The summed E-state index contributed by atoms with van der Waals surface area (Å²) < 4.78 is 5.92. The first-order chi connectivity index (χ1) is 13.4. The number of pyridine rings is 2. The summed E-state index contributed by atoms with van der Waals surface area (Å²) in [5.74, 6) is 0.785. The van der Waals surface area contributed by atoms with Crippen molar-refractivity contribution in [3.05, 3.63) is 35.7 Å². The lowest BCUT2D eigenvalue weighted by atomic mass is 9.83. The van der Waals surface area contributed by atoms with Crippen LogP contribution in [-0.4, -0.2) is 57.9 Å². The first-order valence-electron chi connectivity index (χ1n) is 9.84. The van der Waals surface area contributed by atoms with Crippen LogP contribution in [0.5, 0.6) is 5.75 Å². The van der Waals surface area contributed by atoms with Gasteiger partial charge in [-0.15, -0.1) is 0 Å². The Morgan fingerprint density at radius 2 is 1.96 bits per heavy atom. The van der Waals surface area contributed by atoms with E-state index in [1.165, 1.54) is 0 Å². The molecule has 28 heavy (non-hydrogen) atoms. The normalized spacial score (nSPS) is 25.9. The van der Waals surface area contributed by atoms with E-state index in [-0.39, 0.29) is 6.10 Å². The first-order valence-corrected chi connectivity index (χ1v) is 10.2. The number of likely N-dealkylation sites (N-methyl/N-ethyl adjacent to an activating group) is 1. The van der Waals surface area contributed by atoms with Gasteiger partial charge in [0.05, 0.1) is 17.5 Å². The van der Waals surface area contributed by atoms with Crippen LogP contribution in [0.4, 0.5) is 5.69 Å². The van der Waals surface area contributed by atoms with E-state index in [4.69, 9.17) is 16.3 Å². The van der Waals surface area contributed by atoms with E-state index in [0.29, 0.717) is 11.2 Å². The van der Waals surface area contributed by atoms with Crippen LogP contribution in [0.15, 0.2) is 30.6 Å². The Morgan fingerprint density at radius 3 is 2.61 bits per heavy atom. The summed E-state index contributed by atoms with van der Waals surface area (Å²) in [5.41, 5.74) is 2.11. The quantitative estimate of drug-likeness (QED) is 0.745. The van der Waals surface area contributed by atoms with Gasteiger partial charge in [0.15, 0.2) is 0 Å². The van der Waals surface area contributed by atoms with E-state index < -0.39 is 5.60 Å². The van der Waals surface area contributed by atoms with Gasteiger partial charge < -0.3 is 15.2 Å². The highest BCUT2D eigenvalue weighted by Crippen LogP contribution is 2.34. The average Bonchev–Trinajstić information content (AvgIpc) is 2.63. The minimum atomic E-state index is -0.552. The molecule has 1 saturated heterocycles. The van der Waals surface area contributed by atoms with Crippen molar-refractivity contribution in [2.24, 2.45) is 0 Å². The van der Waals surface area contributed by atoms with Crippen LogP contribution in [0.3, 0.4) is 0 Å². The Balaban J connectivity index is 1.48. The molecule has 2 fully saturated rings. The Labute approximate surface area is 170 Å². The van der Waals surface area contributed by atoms with Gasteiger partial charge in [0, 0.05) is 36.6 Å². The number of hydrogen-bond donors (Lipinski definition) is 2. The molecule has 1 saturated carbocycles. The fourth-order valence-corrected chi connectivity index (χ4v) is 4.03. The summed E-state index contributed by atoms with van der Waals surface area (Å²) in [7, 11) is 2.08. The molecule has 0 bridgehead atoms. The molecule has 2 aromatic heterocycles. The molecule has 4 rings (SSSR count). The zero-order valence-electron chi connectivity index (χ0n) is 16.4. The topological polar surface area (TPSA) is 70.5 Å². The molecular formula is C21H27ClN4O2. The Hall–Kier alpha value is -1.89. The third-order valence-electron chi connectivity index (χ3n) is 5.64. The molecule has 2 aliphatic rings. The number of nitrogens with one attached hydrogen (secondary N) is 1. The molecule has 0 amide bonds. The first kappa shape index (κ1) is 19.4. The van der Waals surface area contributed by atoms with Gasteiger partial charge >= 0.3 is 0 Å². The van der Waals surface area contributed by atoms with E-state index in [2.05, 4.69) is 27.2 Å². The van der Waals surface area contributed by atoms with E-state index in [1.807, 2.05) is 25.1 Å². The van der Waals surface area contributed by atoms with Crippen LogP contribution >= 0.6 is 11.6 Å². The van der Waals surface area contributed by atoms with Crippen LogP contribution in [0.1, 0.15) is 32.6 Å². The van der Waals surface area contributed by atoms with Crippen molar-refractivity contribution in [3.63, 3.8) is 0 Å². The second kappa shape index (κ2) is 7.85. The van der Waals surface area contributed by atoms with Crippen molar-refractivity contribution >= 4 is 17.3 Å². The van der Waals surface area contributed by atoms with Gasteiger partial charge in [-0.1, -0.05) is 11.6 Å². The number of anilines is 1. The molecule has 0 aromatic carbocycles. The maximum Gasteiger partial charge on any atom is 0.138 e. The zero-order chi connectivity index (χ0) is 19.7. The van der Waals surface area contributed by atoms with Crippen molar-refractivity contribution in [1.82, 2.24) is 14.9 Å². The number of likely N-dealkylation sites (tertiary alicyclic amines) is 1. The van der Waals surface area contributed by atoms with Gasteiger partial charge in [0.2, 0.25) is 0 Å². The standard InChI is InChI=1S/C21H27ClN4O2/c1-21(27)7-5-14(6-8-21)25-19-9-20(22)24-11-17(19)18-4-3-15(10-23-18)28-16-12-26(2)13-16/h3-4,9-11,14,16,27H,5-8,12-13H2,1-2H3,(H,24,25). The predicted molar refractivity (Wildman–Crippen MR) is 111 cm³/mol. The van der Waals surface area contributed by atoms with Crippen LogP contribution in [0, 0.1) is 0 Å². The molecule has 0 spiro atoms. The molecular weight excluding hydrogens is 376 g/mol. The third kappa shape index (κ3) is 4.57. The summed E-state index contributed by atoms with van der Waals surface area (Å²) >= 11 is 6.15. The zero-order valence-corrected chi connectivity index (χ0v) is 17.1. The van der Waals surface area contributed by atoms with Crippen molar-refractivity contribution in [2.75, 3.05) is 25.5 Å². The summed E-state index contributed by atoms with van der Waals surface area (Å²) in [6, 6.07) is 6.06. The third-order valence-corrected chi connectivity index (χ3v) is 5.85. The van der Waals surface area contributed by atoms with Crippen LogP contribution in [0.25, 0.3) is 11.3 Å². The van der Waals surface area contributed by atoms with Gasteiger partial charge in [0.25, 0.3) is 0 Å². The second-order valence-electron chi connectivity index (χ2n) is 8.31. The van der Waals surface area contributed by atoms with E-state index >= 15 is 0 Å². The fourth-order valence-electron chi connectivity index (χ4n) is 3.88. The summed E-state index contributed by atoms with van der Waals surface area (Å²) in [6.45, 7) is 3.81. The molecule has 7 heteroatoms. The molecule has 0 unspecified atom stereocenters. The summed E-state index contributed by atoms with van der Waals surface area (Å²) in [6.07, 6.45) is 7.19. The Morgan fingerprint density at radius 1 is 1.21 bits per heavy atom. The number of halogens is 1. The molecule has 3 heterocycles. The number of nitrogens with zero attached hydrogens (tertiary/aromatic N) is 3. The molecule has 2 aromatic rings. The minimum Gasteiger partial charge on any atom is -0.486 e. The molecule has 0 radical (unpaired) electrons. The Bertz CT molecular complexity index is 812. The lowest BCUT2D eigenvalue weighted by Gasteiger charge is -2.35. The monoisotopic (exact) mass is 402 g/mol. The number of aliphatic hydroxyl groups is 1. The van der Waals surface area contributed by atoms with Crippen molar-refractivity contribution in [1.29, 1.82) is 0 Å². The second-order valence-corrected chi connectivity index (χ2v) is 8.70. The SMILES string of the molecule is CN1CC(Oc2ccc(-c3cnc(Cl)cc3NC3CCC(C)(O)CC3)nc2)C1.